The third-order valence-electron chi connectivity index (χ3n) is 3.49. The van der Waals surface area contributed by atoms with Crippen molar-refractivity contribution in [1.82, 2.24) is 10.2 Å². The van der Waals surface area contributed by atoms with Crippen LogP contribution >= 0.6 is 0 Å². The molecule has 0 bridgehead atoms. The van der Waals surface area contributed by atoms with Gasteiger partial charge in [-0.3, -0.25) is 0 Å². The number of rotatable bonds is 5. The van der Waals surface area contributed by atoms with Gasteiger partial charge in [-0.1, -0.05) is 6.92 Å². The Bertz CT molecular complexity index is 210. The number of halogens is 3. The molecule has 0 radical (unpaired) electrons. The van der Waals surface area contributed by atoms with E-state index >= 15 is 0 Å². The summed E-state index contributed by atoms with van der Waals surface area (Å²) in [5, 5.41) is 2.56. The van der Waals surface area contributed by atoms with Crippen molar-refractivity contribution in [2.45, 2.75) is 45.3 Å². The first-order valence-corrected chi connectivity index (χ1v) is 6.43. The highest BCUT2D eigenvalue weighted by Crippen LogP contribution is 2.22. The SMILES string of the molecule is CCN1CCC(CC(C)NCC(F)(F)F)CC1. The predicted octanol–water partition coefficient (Wildman–Crippen LogP) is 2.65. The molecule has 1 N–H and O–H groups in total. The van der Waals surface area contributed by atoms with E-state index in [4.69, 9.17) is 0 Å². The lowest BCUT2D eigenvalue weighted by molar-refractivity contribution is -0.126. The molecule has 0 saturated carbocycles. The molecular weight excluding hydrogens is 229 g/mol. The minimum absolute atomic E-state index is 0.0465. The van der Waals surface area contributed by atoms with E-state index in [2.05, 4.69) is 17.1 Å². The van der Waals surface area contributed by atoms with Gasteiger partial charge in [0.05, 0.1) is 6.54 Å². The van der Waals surface area contributed by atoms with Gasteiger partial charge in [-0.2, -0.15) is 13.2 Å². The van der Waals surface area contributed by atoms with Crippen molar-refractivity contribution in [3.05, 3.63) is 0 Å². The molecule has 102 valence electrons. The lowest BCUT2D eigenvalue weighted by Gasteiger charge is -2.32. The summed E-state index contributed by atoms with van der Waals surface area (Å²) in [7, 11) is 0. The molecule has 17 heavy (non-hydrogen) atoms. The van der Waals surface area contributed by atoms with E-state index in [9.17, 15) is 13.2 Å². The largest absolute Gasteiger partial charge is 0.401 e. The number of hydrogen-bond donors (Lipinski definition) is 1. The molecule has 1 aliphatic rings. The summed E-state index contributed by atoms with van der Waals surface area (Å²) in [6.45, 7) is 6.38. The number of nitrogens with zero attached hydrogens (tertiary/aromatic N) is 1. The zero-order valence-electron chi connectivity index (χ0n) is 10.7. The van der Waals surface area contributed by atoms with Crippen LogP contribution in [0.5, 0.6) is 0 Å². The summed E-state index contributed by atoms with van der Waals surface area (Å²) in [4.78, 5) is 2.39. The van der Waals surface area contributed by atoms with Gasteiger partial charge in [0, 0.05) is 6.04 Å². The number of piperidine rings is 1. The number of hydrogen-bond acceptors (Lipinski definition) is 2. The van der Waals surface area contributed by atoms with E-state index in [-0.39, 0.29) is 6.04 Å². The van der Waals surface area contributed by atoms with Crippen molar-refractivity contribution in [2.75, 3.05) is 26.2 Å². The van der Waals surface area contributed by atoms with Gasteiger partial charge in [-0.15, -0.1) is 0 Å². The molecule has 1 rings (SSSR count). The summed E-state index contributed by atoms with van der Waals surface area (Å²) in [6, 6.07) is -0.0465. The zero-order valence-corrected chi connectivity index (χ0v) is 10.7. The molecule has 1 unspecified atom stereocenters. The highest BCUT2D eigenvalue weighted by atomic mass is 19.4. The molecular formula is C12H23F3N2. The highest BCUT2D eigenvalue weighted by molar-refractivity contribution is 4.75. The lowest BCUT2D eigenvalue weighted by atomic mass is 9.90. The number of nitrogens with one attached hydrogen (secondary N) is 1. The second-order valence-corrected chi connectivity index (χ2v) is 5.01. The van der Waals surface area contributed by atoms with Crippen molar-refractivity contribution in [1.29, 1.82) is 0 Å². The first-order chi connectivity index (χ1) is 7.90. The van der Waals surface area contributed by atoms with Gasteiger partial charge in [0.25, 0.3) is 0 Å². The maximum absolute atomic E-state index is 12.0. The summed E-state index contributed by atoms with van der Waals surface area (Å²) < 4.78 is 36.1. The first kappa shape index (κ1) is 14.8. The van der Waals surface area contributed by atoms with Crippen LogP contribution in [0.2, 0.25) is 0 Å². The van der Waals surface area contributed by atoms with Crippen LogP contribution in [-0.2, 0) is 0 Å². The van der Waals surface area contributed by atoms with Gasteiger partial charge in [-0.05, 0) is 51.7 Å². The Hall–Kier alpha value is -0.290. The van der Waals surface area contributed by atoms with Crippen molar-refractivity contribution in [2.24, 2.45) is 5.92 Å². The predicted molar refractivity (Wildman–Crippen MR) is 63.0 cm³/mol. The van der Waals surface area contributed by atoms with Crippen LogP contribution in [0.3, 0.4) is 0 Å². The zero-order chi connectivity index (χ0) is 12.9. The minimum Gasteiger partial charge on any atom is -0.306 e. The Morgan fingerprint density at radius 2 is 1.88 bits per heavy atom. The molecule has 1 fully saturated rings. The molecule has 1 heterocycles. The molecule has 0 aromatic heterocycles. The Balaban J connectivity index is 2.17. The maximum atomic E-state index is 12.0. The third kappa shape index (κ3) is 6.27. The van der Waals surface area contributed by atoms with Gasteiger partial charge in [-0.25, -0.2) is 0 Å². The number of alkyl halides is 3. The van der Waals surface area contributed by atoms with Crippen molar-refractivity contribution >= 4 is 0 Å². The molecule has 0 amide bonds. The fourth-order valence-electron chi connectivity index (χ4n) is 2.41. The lowest BCUT2D eigenvalue weighted by Crippen LogP contribution is -2.39. The second-order valence-electron chi connectivity index (χ2n) is 5.01. The van der Waals surface area contributed by atoms with Crippen LogP contribution in [-0.4, -0.2) is 43.3 Å². The van der Waals surface area contributed by atoms with Gasteiger partial charge in [0.15, 0.2) is 0 Å². The van der Waals surface area contributed by atoms with Crippen LogP contribution in [0, 0.1) is 5.92 Å². The van der Waals surface area contributed by atoms with E-state index in [0.717, 1.165) is 38.9 Å². The Morgan fingerprint density at radius 3 is 2.35 bits per heavy atom. The smallest absolute Gasteiger partial charge is 0.306 e. The van der Waals surface area contributed by atoms with Crippen LogP contribution in [0.15, 0.2) is 0 Å². The average molecular weight is 252 g/mol. The fraction of sp³-hybridized carbons (Fsp3) is 1.00. The molecule has 2 nitrogen and oxygen atoms in total. The molecule has 5 heteroatoms. The van der Waals surface area contributed by atoms with Crippen molar-refractivity contribution < 1.29 is 13.2 Å². The Morgan fingerprint density at radius 1 is 1.29 bits per heavy atom. The van der Waals surface area contributed by atoms with E-state index < -0.39 is 12.7 Å². The molecule has 0 aliphatic carbocycles. The van der Waals surface area contributed by atoms with Gasteiger partial charge >= 0.3 is 6.18 Å². The molecule has 0 aromatic rings. The fourth-order valence-corrected chi connectivity index (χ4v) is 2.41. The van der Waals surface area contributed by atoms with Crippen molar-refractivity contribution in [3.63, 3.8) is 0 Å². The van der Waals surface area contributed by atoms with Crippen LogP contribution in [0.25, 0.3) is 0 Å². The molecule has 1 saturated heterocycles. The summed E-state index contributed by atoms with van der Waals surface area (Å²) in [6.07, 6.45) is -1.01. The summed E-state index contributed by atoms with van der Waals surface area (Å²) in [5.41, 5.74) is 0. The second kappa shape index (κ2) is 6.59. The Kier molecular flexibility index (Phi) is 5.73. The van der Waals surface area contributed by atoms with Crippen LogP contribution in [0.1, 0.15) is 33.1 Å². The minimum atomic E-state index is -4.10. The van der Waals surface area contributed by atoms with E-state index in [1.54, 1.807) is 0 Å². The average Bonchev–Trinajstić information content (AvgIpc) is 2.27. The molecule has 0 spiro atoms. The monoisotopic (exact) mass is 252 g/mol. The van der Waals surface area contributed by atoms with E-state index in [1.165, 1.54) is 0 Å². The van der Waals surface area contributed by atoms with Gasteiger partial charge < -0.3 is 10.2 Å². The standard InChI is InChI=1S/C12H23F3N2/c1-3-17-6-4-11(5-7-17)8-10(2)16-9-12(13,14)15/h10-11,16H,3-9H2,1-2H3. The Labute approximate surface area is 102 Å². The number of likely N-dealkylation sites (tertiary alicyclic amines) is 1. The van der Waals surface area contributed by atoms with E-state index in [0.29, 0.717) is 5.92 Å². The van der Waals surface area contributed by atoms with Crippen LogP contribution in [0.4, 0.5) is 13.2 Å². The van der Waals surface area contributed by atoms with Crippen molar-refractivity contribution in [3.8, 4) is 0 Å². The highest BCUT2D eigenvalue weighted by Gasteiger charge is 2.28. The molecule has 1 aliphatic heterocycles. The van der Waals surface area contributed by atoms with Gasteiger partial charge in [0.2, 0.25) is 0 Å². The quantitative estimate of drug-likeness (QED) is 0.809. The third-order valence-corrected chi connectivity index (χ3v) is 3.49. The topological polar surface area (TPSA) is 15.3 Å². The maximum Gasteiger partial charge on any atom is 0.401 e. The van der Waals surface area contributed by atoms with E-state index in [1.807, 2.05) is 6.92 Å². The summed E-state index contributed by atoms with van der Waals surface area (Å²) >= 11 is 0. The normalized spacial score (nSPS) is 21.7. The molecule has 0 aromatic carbocycles. The van der Waals surface area contributed by atoms with Crippen LogP contribution < -0.4 is 5.32 Å². The molecule has 1 atom stereocenters. The summed E-state index contributed by atoms with van der Waals surface area (Å²) in [5.74, 6) is 0.577. The first-order valence-electron chi connectivity index (χ1n) is 6.43. The van der Waals surface area contributed by atoms with Gasteiger partial charge in [0.1, 0.15) is 0 Å².